The van der Waals surface area contributed by atoms with Crippen LogP contribution in [-0.2, 0) is 6.54 Å². The number of alkyl halides is 4. The van der Waals surface area contributed by atoms with E-state index in [1.165, 1.54) is 0 Å². The molecule has 102 valence electrons. The van der Waals surface area contributed by atoms with Crippen LogP contribution in [-0.4, -0.2) is 30.0 Å². The maximum atomic E-state index is 13.3. The molecule has 0 aliphatic carbocycles. The van der Waals surface area contributed by atoms with Crippen molar-refractivity contribution in [3.8, 4) is 0 Å². The van der Waals surface area contributed by atoms with Crippen molar-refractivity contribution in [3.63, 3.8) is 0 Å². The molecule has 1 nitrogen and oxygen atoms in total. The highest BCUT2D eigenvalue weighted by Gasteiger charge is 2.30. The zero-order valence-electron chi connectivity index (χ0n) is 9.28. The zero-order chi connectivity index (χ0) is 13.8. The fraction of sp³-hybridized carbons (Fsp3) is 0.455. The van der Waals surface area contributed by atoms with E-state index in [9.17, 15) is 22.0 Å². The van der Waals surface area contributed by atoms with Crippen molar-refractivity contribution in [3.05, 3.63) is 35.4 Å². The van der Waals surface area contributed by atoms with Gasteiger partial charge in [0.05, 0.1) is 6.54 Å². The van der Waals surface area contributed by atoms with Crippen molar-refractivity contribution in [2.75, 3.05) is 19.0 Å². The summed E-state index contributed by atoms with van der Waals surface area (Å²) in [7, 11) is 0. The van der Waals surface area contributed by atoms with Gasteiger partial charge in [-0.2, -0.15) is 13.2 Å². The standard InChI is InChI=1S/C11H11ClF5N/c12-3-4-18(7-11(15,16)17)6-8-5-9(13)1-2-10(8)14/h1-2,5H,3-4,6-7H2. The van der Waals surface area contributed by atoms with Crippen LogP contribution in [0.2, 0.25) is 0 Å². The van der Waals surface area contributed by atoms with E-state index in [0.29, 0.717) is 0 Å². The molecule has 0 saturated carbocycles. The second-order valence-corrected chi connectivity index (χ2v) is 4.13. The van der Waals surface area contributed by atoms with E-state index >= 15 is 0 Å². The zero-order valence-corrected chi connectivity index (χ0v) is 10.0. The third-order valence-electron chi connectivity index (χ3n) is 2.21. The van der Waals surface area contributed by atoms with Crippen LogP contribution in [0.25, 0.3) is 0 Å². The van der Waals surface area contributed by atoms with E-state index in [1.54, 1.807) is 0 Å². The Hall–Kier alpha value is -0.880. The van der Waals surface area contributed by atoms with Gasteiger partial charge in [0.15, 0.2) is 0 Å². The number of rotatable bonds is 5. The molecular formula is C11H11ClF5N. The lowest BCUT2D eigenvalue weighted by molar-refractivity contribution is -0.146. The monoisotopic (exact) mass is 287 g/mol. The second-order valence-electron chi connectivity index (χ2n) is 3.75. The van der Waals surface area contributed by atoms with Crippen LogP contribution in [0.4, 0.5) is 22.0 Å². The molecule has 0 atom stereocenters. The average Bonchev–Trinajstić information content (AvgIpc) is 2.21. The summed E-state index contributed by atoms with van der Waals surface area (Å²) in [5.74, 6) is -1.45. The number of hydrogen-bond donors (Lipinski definition) is 0. The van der Waals surface area contributed by atoms with Crippen LogP contribution >= 0.6 is 11.6 Å². The van der Waals surface area contributed by atoms with Crippen LogP contribution in [0.3, 0.4) is 0 Å². The van der Waals surface area contributed by atoms with Gasteiger partial charge in [-0.3, -0.25) is 4.90 Å². The SMILES string of the molecule is Fc1ccc(F)c(CN(CCCl)CC(F)(F)F)c1. The second kappa shape index (κ2) is 6.33. The van der Waals surface area contributed by atoms with Gasteiger partial charge < -0.3 is 0 Å². The third-order valence-corrected chi connectivity index (χ3v) is 2.37. The van der Waals surface area contributed by atoms with E-state index in [-0.39, 0.29) is 24.5 Å². The van der Waals surface area contributed by atoms with Crippen LogP contribution < -0.4 is 0 Å². The molecule has 0 aromatic heterocycles. The lowest BCUT2D eigenvalue weighted by atomic mass is 10.2. The molecule has 7 heteroatoms. The summed E-state index contributed by atoms with van der Waals surface area (Å²) in [6.45, 7) is -1.61. The predicted molar refractivity (Wildman–Crippen MR) is 58.4 cm³/mol. The van der Waals surface area contributed by atoms with Gasteiger partial charge in [0, 0.05) is 24.5 Å². The molecule has 0 aliphatic rings. The predicted octanol–water partition coefficient (Wildman–Crippen LogP) is 3.57. The molecule has 18 heavy (non-hydrogen) atoms. The molecular weight excluding hydrogens is 277 g/mol. The maximum absolute atomic E-state index is 13.3. The minimum Gasteiger partial charge on any atom is -0.289 e. The molecule has 0 unspecified atom stereocenters. The van der Waals surface area contributed by atoms with E-state index in [0.717, 1.165) is 23.1 Å². The van der Waals surface area contributed by atoms with Crippen molar-refractivity contribution in [2.24, 2.45) is 0 Å². The fourth-order valence-corrected chi connectivity index (χ4v) is 1.73. The number of halogens is 6. The first-order chi connectivity index (χ1) is 8.31. The highest BCUT2D eigenvalue weighted by atomic mass is 35.5. The maximum Gasteiger partial charge on any atom is 0.401 e. The first-order valence-corrected chi connectivity index (χ1v) is 5.64. The first kappa shape index (κ1) is 15.2. The Bertz CT molecular complexity index is 394. The van der Waals surface area contributed by atoms with Crippen molar-refractivity contribution < 1.29 is 22.0 Å². The molecule has 0 N–H and O–H groups in total. The molecule has 0 bridgehead atoms. The Morgan fingerprint density at radius 1 is 1.17 bits per heavy atom. The van der Waals surface area contributed by atoms with E-state index < -0.39 is 24.4 Å². The molecule has 0 aliphatic heterocycles. The normalized spacial score (nSPS) is 12.2. The summed E-state index contributed by atoms with van der Waals surface area (Å²) in [6, 6.07) is 2.68. The van der Waals surface area contributed by atoms with Crippen LogP contribution in [0.15, 0.2) is 18.2 Å². The van der Waals surface area contributed by atoms with Gasteiger partial charge in [0.25, 0.3) is 0 Å². The van der Waals surface area contributed by atoms with Crippen molar-refractivity contribution >= 4 is 11.6 Å². The summed E-state index contributed by atoms with van der Waals surface area (Å²) in [5, 5.41) is 0. The quantitative estimate of drug-likeness (QED) is 0.591. The Kier molecular flexibility index (Phi) is 5.34. The molecule has 0 heterocycles. The van der Waals surface area contributed by atoms with Gasteiger partial charge >= 0.3 is 6.18 Å². The number of nitrogens with zero attached hydrogens (tertiary/aromatic N) is 1. The van der Waals surface area contributed by atoms with Gasteiger partial charge in [-0.25, -0.2) is 8.78 Å². The lowest BCUT2D eigenvalue weighted by Crippen LogP contribution is -2.35. The van der Waals surface area contributed by atoms with Crippen molar-refractivity contribution in [1.82, 2.24) is 4.90 Å². The van der Waals surface area contributed by atoms with Gasteiger partial charge in [-0.05, 0) is 18.2 Å². The molecule has 0 radical (unpaired) electrons. The Morgan fingerprint density at radius 2 is 1.83 bits per heavy atom. The van der Waals surface area contributed by atoms with Crippen molar-refractivity contribution in [1.29, 1.82) is 0 Å². The van der Waals surface area contributed by atoms with Crippen LogP contribution in [0, 0.1) is 11.6 Å². The summed E-state index contributed by atoms with van der Waals surface area (Å²) in [4.78, 5) is 0.921. The summed E-state index contributed by atoms with van der Waals surface area (Å²) in [6.07, 6.45) is -4.41. The van der Waals surface area contributed by atoms with E-state index in [4.69, 9.17) is 11.6 Å². The van der Waals surface area contributed by atoms with Gasteiger partial charge in [0.1, 0.15) is 11.6 Å². The lowest BCUT2D eigenvalue weighted by Gasteiger charge is -2.22. The number of benzene rings is 1. The third kappa shape index (κ3) is 5.18. The molecule has 0 saturated heterocycles. The van der Waals surface area contributed by atoms with Crippen LogP contribution in [0.1, 0.15) is 5.56 Å². The largest absolute Gasteiger partial charge is 0.401 e. The minimum atomic E-state index is -4.41. The molecule has 0 fully saturated rings. The minimum absolute atomic E-state index is 0.0208. The highest BCUT2D eigenvalue weighted by Crippen LogP contribution is 2.19. The molecule has 1 aromatic carbocycles. The van der Waals surface area contributed by atoms with Gasteiger partial charge in [-0.1, -0.05) is 0 Å². The average molecular weight is 288 g/mol. The summed E-state index contributed by atoms with van der Waals surface area (Å²) in [5.41, 5.74) is -0.121. The Labute approximate surface area is 106 Å². The topological polar surface area (TPSA) is 3.24 Å². The highest BCUT2D eigenvalue weighted by molar-refractivity contribution is 6.18. The molecule has 1 aromatic rings. The molecule has 1 rings (SSSR count). The summed E-state index contributed by atoms with van der Waals surface area (Å²) >= 11 is 5.39. The summed E-state index contributed by atoms with van der Waals surface area (Å²) < 4.78 is 63.0. The first-order valence-electron chi connectivity index (χ1n) is 5.11. The smallest absolute Gasteiger partial charge is 0.289 e. The van der Waals surface area contributed by atoms with Gasteiger partial charge in [0.2, 0.25) is 0 Å². The Morgan fingerprint density at radius 3 is 2.39 bits per heavy atom. The van der Waals surface area contributed by atoms with E-state index in [2.05, 4.69) is 0 Å². The van der Waals surface area contributed by atoms with Crippen molar-refractivity contribution in [2.45, 2.75) is 12.7 Å². The molecule has 0 spiro atoms. The fourth-order valence-electron chi connectivity index (χ4n) is 1.49. The molecule has 0 amide bonds. The Balaban J connectivity index is 2.79. The number of hydrogen-bond acceptors (Lipinski definition) is 1. The van der Waals surface area contributed by atoms with Gasteiger partial charge in [-0.15, -0.1) is 11.6 Å². The van der Waals surface area contributed by atoms with Crippen LogP contribution in [0.5, 0.6) is 0 Å². The van der Waals surface area contributed by atoms with E-state index in [1.807, 2.05) is 0 Å².